The molecule has 0 bridgehead atoms. The summed E-state index contributed by atoms with van der Waals surface area (Å²) in [5, 5.41) is 1.67. The number of hydrogen-bond acceptors (Lipinski definition) is 2. The summed E-state index contributed by atoms with van der Waals surface area (Å²) in [5.74, 6) is 0.950. The van der Waals surface area contributed by atoms with Gasteiger partial charge in [0.05, 0.1) is 0 Å². The molecule has 2 aliphatic rings. The summed E-state index contributed by atoms with van der Waals surface area (Å²) in [7, 11) is 0. The first-order chi connectivity index (χ1) is 8.25. The minimum absolute atomic E-state index is 0.470. The van der Waals surface area contributed by atoms with Crippen LogP contribution in [0.2, 0.25) is 0 Å². The summed E-state index contributed by atoms with van der Waals surface area (Å²) in [6.45, 7) is 2.42. The van der Waals surface area contributed by atoms with Crippen molar-refractivity contribution in [1.82, 2.24) is 0 Å². The fourth-order valence-corrected chi connectivity index (χ4v) is 5.27. The molecule has 2 fully saturated rings. The van der Waals surface area contributed by atoms with Gasteiger partial charge in [-0.2, -0.15) is 11.8 Å². The van der Waals surface area contributed by atoms with Gasteiger partial charge in [0, 0.05) is 16.5 Å². The molecule has 2 saturated carbocycles. The van der Waals surface area contributed by atoms with Crippen molar-refractivity contribution in [2.75, 3.05) is 0 Å². The molecule has 2 aliphatic carbocycles. The van der Waals surface area contributed by atoms with Crippen LogP contribution in [0.3, 0.4) is 0 Å². The first-order valence-electron chi connectivity index (χ1n) is 7.66. The smallest absolute Gasteiger partial charge is 0.0201 e. The Morgan fingerprint density at radius 1 is 0.882 bits per heavy atom. The summed E-state index contributed by atoms with van der Waals surface area (Å²) in [5.41, 5.74) is 6.38. The Hall–Kier alpha value is 0.310. The zero-order valence-corrected chi connectivity index (χ0v) is 12.2. The Kier molecular flexibility index (Phi) is 5.68. The monoisotopic (exact) mass is 255 g/mol. The van der Waals surface area contributed by atoms with Gasteiger partial charge in [0.1, 0.15) is 0 Å². The van der Waals surface area contributed by atoms with Gasteiger partial charge >= 0.3 is 0 Å². The summed E-state index contributed by atoms with van der Waals surface area (Å²) in [4.78, 5) is 0. The molecule has 2 heteroatoms. The van der Waals surface area contributed by atoms with Crippen LogP contribution in [-0.4, -0.2) is 16.5 Å². The van der Waals surface area contributed by atoms with Crippen LogP contribution in [0.15, 0.2) is 0 Å². The van der Waals surface area contributed by atoms with Gasteiger partial charge in [-0.1, -0.05) is 45.4 Å². The van der Waals surface area contributed by atoms with E-state index in [1.807, 2.05) is 0 Å². The molecule has 0 spiro atoms. The molecule has 0 radical (unpaired) electrons. The number of thioether (sulfide) groups is 1. The third kappa shape index (κ3) is 4.48. The minimum Gasteiger partial charge on any atom is -0.327 e. The van der Waals surface area contributed by atoms with Crippen LogP contribution in [-0.2, 0) is 0 Å². The molecule has 0 heterocycles. The van der Waals surface area contributed by atoms with Crippen molar-refractivity contribution in [2.45, 2.75) is 87.7 Å². The van der Waals surface area contributed by atoms with E-state index in [2.05, 4.69) is 18.7 Å². The predicted molar refractivity (Wildman–Crippen MR) is 78.5 cm³/mol. The van der Waals surface area contributed by atoms with Gasteiger partial charge in [0.25, 0.3) is 0 Å². The fraction of sp³-hybridized carbons (Fsp3) is 1.00. The number of hydrogen-bond donors (Lipinski definition) is 1. The van der Waals surface area contributed by atoms with Gasteiger partial charge in [0.2, 0.25) is 0 Å². The van der Waals surface area contributed by atoms with Crippen molar-refractivity contribution < 1.29 is 0 Å². The largest absolute Gasteiger partial charge is 0.327 e. The fourth-order valence-electron chi connectivity index (χ4n) is 3.40. The van der Waals surface area contributed by atoms with Crippen LogP contribution in [0, 0.1) is 5.92 Å². The van der Waals surface area contributed by atoms with E-state index in [1.165, 1.54) is 64.2 Å². The molecule has 17 heavy (non-hydrogen) atoms. The topological polar surface area (TPSA) is 26.0 Å². The molecule has 100 valence electrons. The summed E-state index contributed by atoms with van der Waals surface area (Å²) in [6, 6.07) is 0.470. The van der Waals surface area contributed by atoms with E-state index < -0.39 is 0 Å². The molecule has 0 aliphatic heterocycles. The van der Waals surface area contributed by atoms with Gasteiger partial charge < -0.3 is 5.73 Å². The van der Waals surface area contributed by atoms with E-state index in [4.69, 9.17) is 5.73 Å². The summed E-state index contributed by atoms with van der Waals surface area (Å²) < 4.78 is 0. The molecule has 4 unspecified atom stereocenters. The molecular weight excluding hydrogens is 226 g/mol. The van der Waals surface area contributed by atoms with Crippen molar-refractivity contribution in [3.8, 4) is 0 Å². The maximum absolute atomic E-state index is 6.38. The molecule has 1 nitrogen and oxygen atoms in total. The van der Waals surface area contributed by atoms with Crippen molar-refractivity contribution in [3.05, 3.63) is 0 Å². The SMILES string of the molecule is CC1CCCC(SC2CCCCCCC2N)C1. The second-order valence-electron chi connectivity index (χ2n) is 6.22. The van der Waals surface area contributed by atoms with E-state index in [-0.39, 0.29) is 0 Å². The van der Waals surface area contributed by atoms with Crippen molar-refractivity contribution in [1.29, 1.82) is 0 Å². The summed E-state index contributed by atoms with van der Waals surface area (Å²) >= 11 is 2.25. The van der Waals surface area contributed by atoms with Crippen LogP contribution in [0.5, 0.6) is 0 Å². The van der Waals surface area contributed by atoms with Gasteiger partial charge in [-0.25, -0.2) is 0 Å². The molecule has 0 amide bonds. The van der Waals surface area contributed by atoms with Crippen LogP contribution < -0.4 is 5.73 Å². The van der Waals surface area contributed by atoms with Crippen LogP contribution >= 0.6 is 11.8 Å². The minimum atomic E-state index is 0.470. The lowest BCUT2D eigenvalue weighted by atomic mass is 9.90. The maximum atomic E-state index is 6.38. The van der Waals surface area contributed by atoms with Gasteiger partial charge in [-0.15, -0.1) is 0 Å². The van der Waals surface area contributed by atoms with E-state index in [0.717, 1.165) is 16.4 Å². The Balaban J connectivity index is 1.81. The van der Waals surface area contributed by atoms with E-state index >= 15 is 0 Å². The summed E-state index contributed by atoms with van der Waals surface area (Å²) in [6.07, 6.45) is 14.0. The van der Waals surface area contributed by atoms with Crippen LogP contribution in [0.4, 0.5) is 0 Å². The Bertz CT molecular complexity index is 219. The van der Waals surface area contributed by atoms with Crippen molar-refractivity contribution in [3.63, 3.8) is 0 Å². The zero-order valence-electron chi connectivity index (χ0n) is 11.4. The molecule has 2 rings (SSSR count). The third-order valence-corrected chi connectivity index (χ3v) is 6.26. The van der Waals surface area contributed by atoms with Crippen LogP contribution in [0.25, 0.3) is 0 Å². The lowest BCUT2D eigenvalue weighted by molar-refractivity contribution is 0.391. The highest BCUT2D eigenvalue weighted by Gasteiger charge is 2.26. The quantitative estimate of drug-likeness (QED) is 0.794. The second kappa shape index (κ2) is 7.04. The average Bonchev–Trinajstić information content (AvgIpc) is 2.29. The van der Waals surface area contributed by atoms with E-state index in [9.17, 15) is 0 Å². The van der Waals surface area contributed by atoms with Crippen LogP contribution in [0.1, 0.15) is 71.1 Å². The third-order valence-electron chi connectivity index (χ3n) is 4.51. The number of nitrogens with two attached hydrogens (primary N) is 1. The maximum Gasteiger partial charge on any atom is 0.0201 e. The average molecular weight is 255 g/mol. The van der Waals surface area contributed by atoms with E-state index in [0.29, 0.717) is 6.04 Å². The second-order valence-corrected chi connectivity index (χ2v) is 7.77. The van der Waals surface area contributed by atoms with Crippen molar-refractivity contribution in [2.24, 2.45) is 11.7 Å². The van der Waals surface area contributed by atoms with Gasteiger partial charge in [-0.05, 0) is 31.6 Å². The molecule has 0 aromatic rings. The zero-order chi connectivity index (χ0) is 12.1. The Morgan fingerprint density at radius 3 is 2.41 bits per heavy atom. The highest BCUT2D eigenvalue weighted by Crippen LogP contribution is 2.37. The normalized spacial score (nSPS) is 40.6. The molecule has 0 saturated heterocycles. The number of rotatable bonds is 2. The van der Waals surface area contributed by atoms with E-state index in [1.54, 1.807) is 0 Å². The predicted octanol–water partition coefficient (Wildman–Crippen LogP) is 4.35. The highest BCUT2D eigenvalue weighted by molar-refractivity contribution is 8.00. The Labute approximate surface area is 111 Å². The van der Waals surface area contributed by atoms with Crippen molar-refractivity contribution >= 4 is 11.8 Å². The first kappa shape index (κ1) is 13.7. The van der Waals surface area contributed by atoms with Gasteiger partial charge in [0.15, 0.2) is 0 Å². The standard InChI is InChI=1S/C15H29NS/c1-12-7-6-8-13(11-12)17-15-10-5-3-2-4-9-14(15)16/h12-15H,2-11,16H2,1H3. The molecular formula is C15H29NS. The first-order valence-corrected chi connectivity index (χ1v) is 8.61. The highest BCUT2D eigenvalue weighted by atomic mass is 32.2. The molecule has 0 aromatic heterocycles. The molecule has 0 aromatic carbocycles. The lowest BCUT2D eigenvalue weighted by Gasteiger charge is -2.33. The lowest BCUT2D eigenvalue weighted by Crippen LogP contribution is -2.35. The molecule has 2 N–H and O–H groups in total. The van der Waals surface area contributed by atoms with Gasteiger partial charge in [-0.3, -0.25) is 0 Å². The molecule has 4 atom stereocenters. The Morgan fingerprint density at radius 2 is 1.65 bits per heavy atom.